The molecule has 1 aromatic carbocycles. The molecule has 0 aliphatic rings. The molecule has 6 heteroatoms. The van der Waals surface area contributed by atoms with E-state index < -0.39 is 5.97 Å². The molecule has 20 heavy (non-hydrogen) atoms. The Bertz CT molecular complexity index is 661. The number of aryl methyl sites for hydroxylation is 1. The number of carboxylic acids is 1. The largest absolute Gasteiger partial charge is 0.478 e. The molecule has 0 atom stereocenters. The second-order valence-electron chi connectivity index (χ2n) is 4.57. The third kappa shape index (κ3) is 2.64. The summed E-state index contributed by atoms with van der Waals surface area (Å²) in [4.78, 5) is 27.4. The fraction of sp³-hybridized carbons (Fsp3) is 0.357. The second-order valence-corrected chi connectivity index (χ2v) is 4.57. The highest BCUT2D eigenvalue weighted by Gasteiger charge is 2.17. The number of nitrogens with zero attached hydrogens (tertiary/aromatic N) is 2. The van der Waals surface area contributed by atoms with Gasteiger partial charge in [0.2, 0.25) is 5.91 Å². The maximum atomic E-state index is 11.8. The van der Waals surface area contributed by atoms with Gasteiger partial charge < -0.3 is 15.0 Å². The lowest BCUT2D eigenvalue weighted by atomic mass is 10.2. The van der Waals surface area contributed by atoms with Gasteiger partial charge >= 0.3 is 5.97 Å². The van der Waals surface area contributed by atoms with Crippen molar-refractivity contribution in [2.45, 2.75) is 26.8 Å². The zero-order valence-corrected chi connectivity index (χ0v) is 11.5. The molecule has 1 heterocycles. The number of fused-ring (bicyclic) bond motifs is 1. The van der Waals surface area contributed by atoms with E-state index in [1.807, 2.05) is 6.92 Å². The van der Waals surface area contributed by atoms with E-state index in [-0.39, 0.29) is 18.0 Å². The Morgan fingerprint density at radius 2 is 2.15 bits per heavy atom. The molecule has 0 saturated heterocycles. The standard InChI is InChI=1S/C14H17N3O3/c1-3-7-15-12(18)8-17-9(2)16-11-6-4-5-10(13(11)17)14(19)20/h4-6H,3,7-8H2,1-2H3,(H,15,18)(H,19,20). The van der Waals surface area contributed by atoms with Gasteiger partial charge in [0.1, 0.15) is 12.4 Å². The minimum atomic E-state index is -1.02. The molecule has 2 aromatic rings. The number of para-hydroxylation sites is 1. The van der Waals surface area contributed by atoms with E-state index in [4.69, 9.17) is 0 Å². The Morgan fingerprint density at radius 3 is 2.80 bits per heavy atom. The Kier molecular flexibility index (Phi) is 4.02. The number of carbonyl (C=O) groups is 2. The van der Waals surface area contributed by atoms with Crippen molar-refractivity contribution in [2.24, 2.45) is 0 Å². The zero-order chi connectivity index (χ0) is 14.7. The minimum Gasteiger partial charge on any atom is -0.478 e. The van der Waals surface area contributed by atoms with Crippen LogP contribution in [0.5, 0.6) is 0 Å². The van der Waals surface area contributed by atoms with Gasteiger partial charge in [-0.15, -0.1) is 0 Å². The third-order valence-electron chi connectivity index (χ3n) is 3.06. The first-order chi connectivity index (χ1) is 9.54. The first-order valence-corrected chi connectivity index (χ1v) is 6.50. The molecule has 0 fully saturated rings. The van der Waals surface area contributed by atoms with Crippen molar-refractivity contribution in [3.05, 3.63) is 29.6 Å². The van der Waals surface area contributed by atoms with E-state index in [0.29, 0.717) is 23.4 Å². The molecule has 106 valence electrons. The lowest BCUT2D eigenvalue weighted by Crippen LogP contribution is -2.28. The van der Waals surface area contributed by atoms with Gasteiger partial charge in [0, 0.05) is 6.54 Å². The molecule has 6 nitrogen and oxygen atoms in total. The molecule has 0 bridgehead atoms. The zero-order valence-electron chi connectivity index (χ0n) is 11.5. The molecular formula is C14H17N3O3. The highest BCUT2D eigenvalue weighted by atomic mass is 16.4. The number of carbonyl (C=O) groups excluding carboxylic acids is 1. The maximum absolute atomic E-state index is 11.8. The normalized spacial score (nSPS) is 10.7. The molecule has 0 aliphatic heterocycles. The third-order valence-corrected chi connectivity index (χ3v) is 3.06. The fourth-order valence-electron chi connectivity index (χ4n) is 2.13. The average Bonchev–Trinajstić information content (AvgIpc) is 2.72. The number of carboxylic acid groups (broad SMARTS) is 1. The molecule has 1 amide bonds. The molecule has 0 unspecified atom stereocenters. The molecule has 2 rings (SSSR count). The van der Waals surface area contributed by atoms with Crippen LogP contribution in [0.25, 0.3) is 11.0 Å². The Balaban J connectivity index is 2.44. The summed E-state index contributed by atoms with van der Waals surface area (Å²) < 4.78 is 1.64. The summed E-state index contributed by atoms with van der Waals surface area (Å²) in [5, 5.41) is 12.0. The van der Waals surface area contributed by atoms with Crippen LogP contribution in [0.2, 0.25) is 0 Å². The molecule has 1 aromatic heterocycles. The lowest BCUT2D eigenvalue weighted by Gasteiger charge is -2.09. The van der Waals surface area contributed by atoms with Crippen molar-refractivity contribution in [2.75, 3.05) is 6.54 Å². The van der Waals surface area contributed by atoms with Crippen LogP contribution in [0.15, 0.2) is 18.2 Å². The Labute approximate surface area is 116 Å². The summed E-state index contributed by atoms with van der Waals surface area (Å²) >= 11 is 0. The van der Waals surface area contributed by atoms with Gasteiger partial charge in [-0.1, -0.05) is 13.0 Å². The number of rotatable bonds is 5. The predicted octanol–water partition coefficient (Wildman–Crippen LogP) is 1.57. The summed E-state index contributed by atoms with van der Waals surface area (Å²) in [5.41, 5.74) is 1.24. The molecule has 0 saturated carbocycles. The SMILES string of the molecule is CCCNC(=O)Cn1c(C)nc2cccc(C(=O)O)c21. The number of amides is 1. The first-order valence-electron chi connectivity index (χ1n) is 6.50. The van der Waals surface area contributed by atoms with E-state index in [9.17, 15) is 14.7 Å². The summed E-state index contributed by atoms with van der Waals surface area (Å²) in [7, 11) is 0. The van der Waals surface area contributed by atoms with Crippen molar-refractivity contribution < 1.29 is 14.7 Å². The fourth-order valence-corrected chi connectivity index (χ4v) is 2.13. The van der Waals surface area contributed by atoms with Gasteiger partial charge in [-0.3, -0.25) is 4.79 Å². The van der Waals surface area contributed by atoms with Crippen LogP contribution in [-0.2, 0) is 11.3 Å². The number of imidazole rings is 1. The van der Waals surface area contributed by atoms with Gasteiger partial charge in [-0.25, -0.2) is 9.78 Å². The van der Waals surface area contributed by atoms with Crippen molar-refractivity contribution >= 4 is 22.9 Å². The number of benzene rings is 1. The lowest BCUT2D eigenvalue weighted by molar-refractivity contribution is -0.121. The van der Waals surface area contributed by atoms with Gasteiger partial charge in [0.25, 0.3) is 0 Å². The van der Waals surface area contributed by atoms with E-state index in [2.05, 4.69) is 10.3 Å². The number of hydrogen-bond acceptors (Lipinski definition) is 3. The van der Waals surface area contributed by atoms with Crippen LogP contribution in [0.3, 0.4) is 0 Å². The average molecular weight is 275 g/mol. The van der Waals surface area contributed by atoms with Gasteiger partial charge in [0.05, 0.1) is 16.6 Å². The van der Waals surface area contributed by atoms with E-state index in [0.717, 1.165) is 6.42 Å². The van der Waals surface area contributed by atoms with Crippen molar-refractivity contribution in [3.63, 3.8) is 0 Å². The van der Waals surface area contributed by atoms with Crippen molar-refractivity contribution in [3.8, 4) is 0 Å². The number of aromatic carboxylic acids is 1. The first kappa shape index (κ1) is 14.0. The van der Waals surface area contributed by atoms with Gasteiger partial charge in [0.15, 0.2) is 0 Å². The number of nitrogens with one attached hydrogen (secondary N) is 1. The van der Waals surface area contributed by atoms with E-state index in [1.54, 1.807) is 23.6 Å². The molecule has 0 radical (unpaired) electrons. The van der Waals surface area contributed by atoms with Crippen molar-refractivity contribution in [1.29, 1.82) is 0 Å². The van der Waals surface area contributed by atoms with E-state index >= 15 is 0 Å². The quantitative estimate of drug-likeness (QED) is 0.867. The summed E-state index contributed by atoms with van der Waals surface area (Å²) in [6, 6.07) is 4.92. The summed E-state index contributed by atoms with van der Waals surface area (Å²) in [6.45, 7) is 4.42. The van der Waals surface area contributed by atoms with Crippen LogP contribution >= 0.6 is 0 Å². The molecule has 0 spiro atoms. The monoisotopic (exact) mass is 275 g/mol. The van der Waals surface area contributed by atoms with Crippen LogP contribution in [0.4, 0.5) is 0 Å². The molecule has 0 aliphatic carbocycles. The van der Waals surface area contributed by atoms with Crippen LogP contribution in [0, 0.1) is 6.92 Å². The van der Waals surface area contributed by atoms with Crippen LogP contribution < -0.4 is 5.32 Å². The molecule has 2 N–H and O–H groups in total. The second kappa shape index (κ2) is 5.73. The van der Waals surface area contributed by atoms with Crippen LogP contribution in [0.1, 0.15) is 29.5 Å². The minimum absolute atomic E-state index is 0.0760. The predicted molar refractivity (Wildman–Crippen MR) is 74.7 cm³/mol. The topological polar surface area (TPSA) is 84.2 Å². The number of hydrogen-bond donors (Lipinski definition) is 2. The Morgan fingerprint density at radius 1 is 1.40 bits per heavy atom. The summed E-state index contributed by atoms with van der Waals surface area (Å²) in [5.74, 6) is -0.541. The summed E-state index contributed by atoms with van der Waals surface area (Å²) in [6.07, 6.45) is 0.857. The smallest absolute Gasteiger partial charge is 0.337 e. The number of aromatic nitrogens is 2. The highest BCUT2D eigenvalue weighted by molar-refractivity contribution is 6.01. The van der Waals surface area contributed by atoms with Crippen LogP contribution in [-0.4, -0.2) is 33.1 Å². The van der Waals surface area contributed by atoms with Gasteiger partial charge in [-0.2, -0.15) is 0 Å². The van der Waals surface area contributed by atoms with Gasteiger partial charge in [-0.05, 0) is 25.5 Å². The van der Waals surface area contributed by atoms with E-state index in [1.165, 1.54) is 6.07 Å². The molecular weight excluding hydrogens is 258 g/mol. The Hall–Kier alpha value is -2.37. The van der Waals surface area contributed by atoms with Crippen molar-refractivity contribution in [1.82, 2.24) is 14.9 Å². The highest BCUT2D eigenvalue weighted by Crippen LogP contribution is 2.20. The maximum Gasteiger partial charge on any atom is 0.337 e.